The second-order valence-electron chi connectivity index (χ2n) is 3.84. The Morgan fingerprint density at radius 3 is 2.75 bits per heavy atom. The van der Waals surface area contributed by atoms with E-state index in [9.17, 15) is 19.3 Å². The van der Waals surface area contributed by atoms with E-state index >= 15 is 0 Å². The number of halogens is 1. The van der Waals surface area contributed by atoms with Crippen LogP contribution in [0.15, 0.2) is 34.7 Å². The molecule has 0 saturated heterocycles. The minimum atomic E-state index is -0.724. The molecule has 0 aliphatic carbocycles. The maximum absolute atomic E-state index is 13.1. The number of amides is 1. The zero-order valence-electron chi connectivity index (χ0n) is 10.1. The summed E-state index contributed by atoms with van der Waals surface area (Å²) < 4.78 is 18.2. The van der Waals surface area contributed by atoms with Gasteiger partial charge in [0.1, 0.15) is 17.3 Å². The third kappa shape index (κ3) is 2.81. The van der Waals surface area contributed by atoms with E-state index in [-0.39, 0.29) is 18.0 Å². The van der Waals surface area contributed by atoms with Crippen LogP contribution in [0.25, 0.3) is 0 Å². The Bertz CT molecular complexity index is 668. The fraction of sp³-hybridized carbons (Fsp3) is 0.0833. The average Bonchev–Trinajstić information content (AvgIpc) is 2.87. The molecule has 2 aromatic rings. The number of furan rings is 1. The highest BCUT2D eigenvalue weighted by Gasteiger charge is 2.19. The minimum absolute atomic E-state index is 0.0657. The van der Waals surface area contributed by atoms with E-state index in [4.69, 9.17) is 10.2 Å². The molecule has 0 radical (unpaired) electrons. The highest BCUT2D eigenvalue weighted by Crippen LogP contribution is 2.25. The quantitative estimate of drug-likeness (QED) is 0.657. The van der Waals surface area contributed by atoms with Gasteiger partial charge in [-0.3, -0.25) is 14.9 Å². The predicted octanol–water partition coefficient (Wildman–Crippen LogP) is 2.04. The van der Waals surface area contributed by atoms with Gasteiger partial charge in [0.25, 0.3) is 11.6 Å². The van der Waals surface area contributed by atoms with Crippen LogP contribution in [0.1, 0.15) is 16.3 Å². The summed E-state index contributed by atoms with van der Waals surface area (Å²) in [6, 6.07) is 5.66. The molecule has 0 unspecified atom stereocenters. The Morgan fingerprint density at radius 2 is 2.15 bits per heavy atom. The first kappa shape index (κ1) is 13.7. The first-order valence-electron chi connectivity index (χ1n) is 5.55. The molecule has 0 bridgehead atoms. The van der Waals surface area contributed by atoms with E-state index in [1.807, 2.05) is 0 Å². The molecule has 20 heavy (non-hydrogen) atoms. The summed E-state index contributed by atoms with van der Waals surface area (Å²) in [6.45, 7) is 0.118. The molecule has 0 atom stereocenters. The van der Waals surface area contributed by atoms with Crippen molar-refractivity contribution in [1.82, 2.24) is 0 Å². The minimum Gasteiger partial charge on any atom is -0.455 e. The SMILES string of the molecule is NCc1ccc(C(=O)Nc2cc(F)ccc2[N+](=O)[O-])o1. The summed E-state index contributed by atoms with van der Waals surface area (Å²) in [5.74, 6) is -1.10. The molecule has 0 spiro atoms. The lowest BCUT2D eigenvalue weighted by Gasteiger charge is -2.04. The Morgan fingerprint density at radius 1 is 1.40 bits per heavy atom. The van der Waals surface area contributed by atoms with Crippen LogP contribution in [0.5, 0.6) is 0 Å². The second-order valence-corrected chi connectivity index (χ2v) is 3.84. The van der Waals surface area contributed by atoms with Gasteiger partial charge in [0.2, 0.25) is 0 Å². The molecule has 8 heteroatoms. The topological polar surface area (TPSA) is 111 Å². The smallest absolute Gasteiger partial charge is 0.292 e. The Hall–Kier alpha value is -2.74. The van der Waals surface area contributed by atoms with E-state index in [0.717, 1.165) is 18.2 Å². The summed E-state index contributed by atoms with van der Waals surface area (Å²) in [7, 11) is 0. The van der Waals surface area contributed by atoms with Crippen LogP contribution >= 0.6 is 0 Å². The van der Waals surface area contributed by atoms with Crippen molar-refractivity contribution in [2.24, 2.45) is 5.73 Å². The van der Waals surface area contributed by atoms with Crippen LogP contribution in [0.3, 0.4) is 0 Å². The molecule has 2 rings (SSSR count). The Labute approximate surface area is 112 Å². The first-order valence-corrected chi connectivity index (χ1v) is 5.55. The number of carbonyl (C=O) groups excluding carboxylic acids is 1. The van der Waals surface area contributed by atoms with Crippen LogP contribution in [-0.4, -0.2) is 10.8 Å². The van der Waals surface area contributed by atoms with E-state index < -0.39 is 22.3 Å². The molecule has 0 aliphatic rings. The normalized spacial score (nSPS) is 10.3. The van der Waals surface area contributed by atoms with Gasteiger partial charge in [-0.05, 0) is 18.2 Å². The average molecular weight is 279 g/mol. The highest BCUT2D eigenvalue weighted by atomic mass is 19.1. The van der Waals surface area contributed by atoms with Crippen molar-refractivity contribution < 1.29 is 18.5 Å². The molecule has 3 N–H and O–H groups in total. The Balaban J connectivity index is 2.27. The van der Waals surface area contributed by atoms with Crippen LogP contribution in [-0.2, 0) is 6.54 Å². The summed E-state index contributed by atoms with van der Waals surface area (Å²) in [5.41, 5.74) is 4.68. The summed E-state index contributed by atoms with van der Waals surface area (Å²) in [5, 5.41) is 13.0. The second kappa shape index (κ2) is 5.49. The van der Waals surface area contributed by atoms with Crippen LogP contribution in [0, 0.1) is 15.9 Å². The van der Waals surface area contributed by atoms with Gasteiger partial charge in [-0.15, -0.1) is 0 Å². The molecular formula is C12H10FN3O4. The molecule has 1 aromatic carbocycles. The predicted molar refractivity (Wildman–Crippen MR) is 67.6 cm³/mol. The van der Waals surface area contributed by atoms with Gasteiger partial charge in [-0.1, -0.05) is 0 Å². The van der Waals surface area contributed by atoms with Crippen molar-refractivity contribution in [3.05, 3.63) is 57.8 Å². The van der Waals surface area contributed by atoms with Crippen molar-refractivity contribution in [1.29, 1.82) is 0 Å². The van der Waals surface area contributed by atoms with Gasteiger partial charge in [0.15, 0.2) is 5.76 Å². The monoisotopic (exact) mass is 279 g/mol. The number of nitrogens with two attached hydrogens (primary N) is 1. The van der Waals surface area contributed by atoms with Gasteiger partial charge in [0, 0.05) is 12.1 Å². The van der Waals surface area contributed by atoms with Gasteiger partial charge in [-0.2, -0.15) is 0 Å². The highest BCUT2D eigenvalue weighted by molar-refractivity contribution is 6.03. The molecule has 0 aliphatic heterocycles. The summed E-state index contributed by atoms with van der Waals surface area (Å²) >= 11 is 0. The molecule has 0 saturated carbocycles. The number of carbonyl (C=O) groups is 1. The molecule has 1 aromatic heterocycles. The molecule has 0 fully saturated rings. The van der Waals surface area contributed by atoms with Crippen LogP contribution in [0.4, 0.5) is 15.8 Å². The fourth-order valence-electron chi connectivity index (χ4n) is 1.56. The maximum atomic E-state index is 13.1. The lowest BCUT2D eigenvalue weighted by molar-refractivity contribution is -0.384. The maximum Gasteiger partial charge on any atom is 0.292 e. The third-order valence-corrected chi connectivity index (χ3v) is 2.49. The number of rotatable bonds is 4. The number of nitro benzene ring substituents is 1. The summed E-state index contributed by atoms with van der Waals surface area (Å²) in [4.78, 5) is 21.9. The zero-order chi connectivity index (χ0) is 14.7. The van der Waals surface area contributed by atoms with Crippen LogP contribution in [0.2, 0.25) is 0 Å². The lowest BCUT2D eigenvalue weighted by atomic mass is 10.2. The van der Waals surface area contributed by atoms with Crippen molar-refractivity contribution in [2.45, 2.75) is 6.54 Å². The van der Waals surface area contributed by atoms with Crippen molar-refractivity contribution >= 4 is 17.3 Å². The number of anilines is 1. The number of nitro groups is 1. The first-order chi connectivity index (χ1) is 9.51. The zero-order valence-corrected chi connectivity index (χ0v) is 10.1. The number of benzene rings is 1. The molecule has 1 heterocycles. The van der Waals surface area contributed by atoms with E-state index in [1.54, 1.807) is 0 Å². The van der Waals surface area contributed by atoms with Gasteiger partial charge >= 0.3 is 0 Å². The third-order valence-electron chi connectivity index (χ3n) is 2.49. The Kier molecular flexibility index (Phi) is 3.76. The van der Waals surface area contributed by atoms with Crippen LogP contribution < -0.4 is 11.1 Å². The molecule has 7 nitrogen and oxygen atoms in total. The standard InChI is InChI=1S/C12H10FN3O4/c13-7-1-3-10(16(18)19)9(5-7)15-12(17)11-4-2-8(6-14)20-11/h1-5H,6,14H2,(H,15,17). The van der Waals surface area contributed by atoms with Gasteiger partial charge in [0.05, 0.1) is 11.5 Å². The van der Waals surface area contributed by atoms with Crippen molar-refractivity contribution in [3.8, 4) is 0 Å². The number of nitrogens with zero attached hydrogens (tertiary/aromatic N) is 1. The molecule has 1 amide bonds. The number of hydrogen-bond donors (Lipinski definition) is 2. The molecule has 104 valence electrons. The van der Waals surface area contributed by atoms with Gasteiger partial charge in [-0.25, -0.2) is 4.39 Å². The molecular weight excluding hydrogens is 269 g/mol. The van der Waals surface area contributed by atoms with E-state index in [1.165, 1.54) is 12.1 Å². The van der Waals surface area contributed by atoms with E-state index in [2.05, 4.69) is 5.32 Å². The number of nitrogens with one attached hydrogen (secondary N) is 1. The fourth-order valence-corrected chi connectivity index (χ4v) is 1.56. The largest absolute Gasteiger partial charge is 0.455 e. The van der Waals surface area contributed by atoms with Crippen molar-refractivity contribution in [2.75, 3.05) is 5.32 Å². The van der Waals surface area contributed by atoms with Gasteiger partial charge < -0.3 is 15.5 Å². The summed E-state index contributed by atoms with van der Waals surface area (Å²) in [6.07, 6.45) is 0. The lowest BCUT2D eigenvalue weighted by Crippen LogP contribution is -2.12. The van der Waals surface area contributed by atoms with Crippen molar-refractivity contribution in [3.63, 3.8) is 0 Å². The van der Waals surface area contributed by atoms with E-state index in [0.29, 0.717) is 5.76 Å². The number of hydrogen-bond acceptors (Lipinski definition) is 5.